The number of hydrogen-bond acceptors (Lipinski definition) is 5. The van der Waals surface area contributed by atoms with E-state index in [1.54, 1.807) is 24.0 Å². The summed E-state index contributed by atoms with van der Waals surface area (Å²) in [4.78, 5) is 41.3. The summed E-state index contributed by atoms with van der Waals surface area (Å²) in [5.41, 5.74) is 0.737. The van der Waals surface area contributed by atoms with Crippen molar-refractivity contribution < 1.29 is 14.5 Å². The smallest absolute Gasteiger partial charge is 0.273 e. The topological polar surface area (TPSA) is 87.0 Å². The number of rotatable bonds is 4. The highest BCUT2D eigenvalue weighted by molar-refractivity contribution is 5.96. The van der Waals surface area contributed by atoms with Gasteiger partial charge in [0.2, 0.25) is 5.91 Å². The molecule has 0 bridgehead atoms. The second-order valence-corrected chi connectivity index (χ2v) is 6.86. The van der Waals surface area contributed by atoms with Gasteiger partial charge in [-0.1, -0.05) is 6.07 Å². The third-order valence-electron chi connectivity index (χ3n) is 5.21. The molecule has 0 spiro atoms. The highest BCUT2D eigenvalue weighted by Crippen LogP contribution is 2.22. The standard InChI is InChI=1S/C18H24N4O4/c1-14-15(5-4-6-16(14)22(25)26)18(24)21-11-9-19(10-12-21)13-17(23)20-7-2-3-8-20/h4-6H,2-3,7-13H2,1H3. The minimum absolute atomic E-state index is 0.0364. The Labute approximate surface area is 152 Å². The molecule has 0 radical (unpaired) electrons. The van der Waals surface area contributed by atoms with Gasteiger partial charge in [-0.05, 0) is 25.8 Å². The van der Waals surface area contributed by atoms with Crippen molar-refractivity contribution in [2.45, 2.75) is 19.8 Å². The van der Waals surface area contributed by atoms with E-state index in [9.17, 15) is 19.7 Å². The summed E-state index contributed by atoms with van der Waals surface area (Å²) in [5.74, 6) is -0.0199. The van der Waals surface area contributed by atoms with Gasteiger partial charge in [-0.2, -0.15) is 0 Å². The van der Waals surface area contributed by atoms with Gasteiger partial charge in [-0.3, -0.25) is 24.6 Å². The molecule has 0 aromatic heterocycles. The third-order valence-corrected chi connectivity index (χ3v) is 5.21. The molecule has 0 aliphatic carbocycles. The molecule has 0 unspecified atom stereocenters. The number of hydrogen-bond donors (Lipinski definition) is 0. The molecule has 0 saturated carbocycles. The number of nitrogens with zero attached hydrogens (tertiary/aromatic N) is 4. The predicted octanol–water partition coefficient (Wildman–Crippen LogP) is 1.28. The lowest BCUT2D eigenvalue weighted by Gasteiger charge is -2.35. The Balaban J connectivity index is 1.58. The Bertz CT molecular complexity index is 707. The summed E-state index contributed by atoms with van der Waals surface area (Å²) in [6, 6.07) is 4.59. The summed E-state index contributed by atoms with van der Waals surface area (Å²) in [7, 11) is 0. The number of nitro benzene ring substituents is 1. The lowest BCUT2D eigenvalue weighted by Crippen LogP contribution is -2.51. The van der Waals surface area contributed by atoms with Crippen molar-refractivity contribution in [2.75, 3.05) is 45.8 Å². The molecular formula is C18H24N4O4. The Morgan fingerprint density at radius 2 is 1.69 bits per heavy atom. The average molecular weight is 360 g/mol. The number of carbonyl (C=O) groups is 2. The van der Waals surface area contributed by atoms with Crippen molar-refractivity contribution in [3.8, 4) is 0 Å². The van der Waals surface area contributed by atoms with E-state index in [0.717, 1.165) is 25.9 Å². The fraction of sp³-hybridized carbons (Fsp3) is 0.556. The van der Waals surface area contributed by atoms with Crippen LogP contribution in [0.3, 0.4) is 0 Å². The predicted molar refractivity (Wildman–Crippen MR) is 96.0 cm³/mol. The number of nitro groups is 1. The van der Waals surface area contributed by atoms with Gasteiger partial charge < -0.3 is 9.80 Å². The molecule has 2 fully saturated rings. The maximum absolute atomic E-state index is 12.7. The van der Waals surface area contributed by atoms with E-state index in [1.165, 1.54) is 6.07 Å². The van der Waals surface area contributed by atoms with Gasteiger partial charge in [0.1, 0.15) is 0 Å². The molecular weight excluding hydrogens is 336 g/mol. The lowest BCUT2D eigenvalue weighted by molar-refractivity contribution is -0.385. The van der Waals surface area contributed by atoms with Crippen molar-refractivity contribution in [3.63, 3.8) is 0 Å². The number of benzene rings is 1. The molecule has 2 amide bonds. The number of piperazine rings is 1. The first-order chi connectivity index (χ1) is 12.5. The molecule has 2 heterocycles. The molecule has 2 aliphatic rings. The van der Waals surface area contributed by atoms with Crippen molar-refractivity contribution >= 4 is 17.5 Å². The monoisotopic (exact) mass is 360 g/mol. The van der Waals surface area contributed by atoms with Crippen LogP contribution in [-0.2, 0) is 4.79 Å². The minimum Gasteiger partial charge on any atom is -0.342 e. The summed E-state index contributed by atoms with van der Waals surface area (Å²) in [6.07, 6.45) is 2.16. The highest BCUT2D eigenvalue weighted by Gasteiger charge is 2.27. The zero-order valence-corrected chi connectivity index (χ0v) is 15.0. The zero-order valence-electron chi connectivity index (χ0n) is 15.0. The normalized spacial score (nSPS) is 18.2. The van der Waals surface area contributed by atoms with E-state index in [4.69, 9.17) is 0 Å². The molecule has 0 N–H and O–H groups in total. The second kappa shape index (κ2) is 7.82. The zero-order chi connectivity index (χ0) is 18.7. The molecule has 140 valence electrons. The number of amides is 2. The van der Waals surface area contributed by atoms with Gasteiger partial charge in [0.15, 0.2) is 0 Å². The van der Waals surface area contributed by atoms with Crippen LogP contribution in [0.15, 0.2) is 18.2 Å². The van der Waals surface area contributed by atoms with Crippen molar-refractivity contribution in [3.05, 3.63) is 39.4 Å². The lowest BCUT2D eigenvalue weighted by atomic mass is 10.1. The van der Waals surface area contributed by atoms with Crippen LogP contribution in [-0.4, -0.2) is 77.3 Å². The molecule has 26 heavy (non-hydrogen) atoms. The van der Waals surface area contributed by atoms with E-state index in [1.807, 2.05) is 4.90 Å². The molecule has 1 aromatic carbocycles. The van der Waals surface area contributed by atoms with Crippen molar-refractivity contribution in [2.24, 2.45) is 0 Å². The van der Waals surface area contributed by atoms with Gasteiger partial charge in [-0.25, -0.2) is 0 Å². The number of likely N-dealkylation sites (tertiary alicyclic amines) is 1. The van der Waals surface area contributed by atoms with Gasteiger partial charge in [0, 0.05) is 56.5 Å². The van der Waals surface area contributed by atoms with Crippen LogP contribution < -0.4 is 0 Å². The van der Waals surface area contributed by atoms with Gasteiger partial charge in [-0.15, -0.1) is 0 Å². The Morgan fingerprint density at radius 1 is 1.04 bits per heavy atom. The molecule has 1 aromatic rings. The van der Waals surface area contributed by atoms with E-state index >= 15 is 0 Å². The van der Waals surface area contributed by atoms with E-state index in [-0.39, 0.29) is 17.5 Å². The molecule has 2 saturated heterocycles. The van der Waals surface area contributed by atoms with Crippen LogP contribution in [0.5, 0.6) is 0 Å². The van der Waals surface area contributed by atoms with Gasteiger partial charge >= 0.3 is 0 Å². The molecule has 3 rings (SSSR count). The first-order valence-corrected chi connectivity index (χ1v) is 9.01. The van der Waals surface area contributed by atoms with E-state index in [0.29, 0.717) is 43.9 Å². The Hall–Kier alpha value is -2.48. The van der Waals surface area contributed by atoms with Crippen LogP contribution in [0.1, 0.15) is 28.8 Å². The molecule has 8 heteroatoms. The third kappa shape index (κ3) is 3.85. The highest BCUT2D eigenvalue weighted by atomic mass is 16.6. The van der Waals surface area contributed by atoms with Crippen LogP contribution in [0.2, 0.25) is 0 Å². The molecule has 8 nitrogen and oxygen atoms in total. The average Bonchev–Trinajstić information content (AvgIpc) is 3.16. The first kappa shape index (κ1) is 18.3. The fourth-order valence-corrected chi connectivity index (χ4v) is 3.59. The van der Waals surface area contributed by atoms with Crippen molar-refractivity contribution in [1.29, 1.82) is 0 Å². The summed E-state index contributed by atoms with van der Waals surface area (Å²) < 4.78 is 0. The largest absolute Gasteiger partial charge is 0.342 e. The van der Waals surface area contributed by atoms with Crippen LogP contribution in [0.4, 0.5) is 5.69 Å². The Morgan fingerprint density at radius 3 is 2.31 bits per heavy atom. The summed E-state index contributed by atoms with van der Waals surface area (Å²) in [5, 5.41) is 11.1. The molecule has 2 aliphatic heterocycles. The fourth-order valence-electron chi connectivity index (χ4n) is 3.59. The maximum Gasteiger partial charge on any atom is 0.273 e. The summed E-state index contributed by atoms with van der Waals surface area (Å²) in [6.45, 7) is 6.03. The van der Waals surface area contributed by atoms with Crippen molar-refractivity contribution in [1.82, 2.24) is 14.7 Å². The number of carbonyl (C=O) groups excluding carboxylic acids is 2. The van der Waals surface area contributed by atoms with E-state index < -0.39 is 4.92 Å². The van der Waals surface area contributed by atoms with E-state index in [2.05, 4.69) is 4.90 Å². The quantitative estimate of drug-likeness (QED) is 0.596. The Kier molecular flexibility index (Phi) is 5.51. The minimum atomic E-state index is -0.464. The van der Waals surface area contributed by atoms with Crippen LogP contribution in [0, 0.1) is 17.0 Å². The maximum atomic E-state index is 12.7. The van der Waals surface area contributed by atoms with Gasteiger partial charge in [0.05, 0.1) is 11.5 Å². The second-order valence-electron chi connectivity index (χ2n) is 6.86. The van der Waals surface area contributed by atoms with Crippen LogP contribution >= 0.6 is 0 Å². The van der Waals surface area contributed by atoms with Gasteiger partial charge in [0.25, 0.3) is 11.6 Å². The SMILES string of the molecule is Cc1c(C(=O)N2CCN(CC(=O)N3CCCC3)CC2)cccc1[N+](=O)[O-]. The van der Waals surface area contributed by atoms with Crippen LogP contribution in [0.25, 0.3) is 0 Å². The molecule has 0 atom stereocenters. The summed E-state index contributed by atoms with van der Waals surface area (Å²) >= 11 is 0. The first-order valence-electron chi connectivity index (χ1n) is 9.01.